The lowest BCUT2D eigenvalue weighted by Crippen LogP contribution is -2.14. The predicted molar refractivity (Wildman–Crippen MR) is 74.9 cm³/mol. The molecule has 18 heavy (non-hydrogen) atoms. The van der Waals surface area contributed by atoms with Crippen molar-refractivity contribution < 1.29 is 4.74 Å². The van der Waals surface area contributed by atoms with Gasteiger partial charge in [0.2, 0.25) is 0 Å². The molecule has 2 heteroatoms. The Balaban J connectivity index is 2.61. The zero-order chi connectivity index (χ0) is 13.2. The molecular weight excluding hydrogens is 222 g/mol. The molecule has 0 radical (unpaired) electrons. The lowest BCUT2D eigenvalue weighted by atomic mass is 9.84. The third-order valence-electron chi connectivity index (χ3n) is 2.95. The standard InChI is InChI=1S/C16H19NO/c1-16(2,3)14-10-13(18-4)11-17-15(14)12-8-6-5-7-9-12/h5-11H,1-4H3. The molecule has 0 saturated heterocycles. The number of nitrogens with zero attached hydrogens (tertiary/aromatic N) is 1. The van der Waals surface area contributed by atoms with Crippen molar-refractivity contribution in [3.8, 4) is 17.0 Å². The highest BCUT2D eigenvalue weighted by Crippen LogP contribution is 2.33. The van der Waals surface area contributed by atoms with Gasteiger partial charge in [0.1, 0.15) is 5.75 Å². The number of benzene rings is 1. The number of pyridine rings is 1. The molecule has 2 aromatic rings. The topological polar surface area (TPSA) is 22.1 Å². The normalized spacial score (nSPS) is 11.3. The van der Waals surface area contributed by atoms with E-state index in [0.717, 1.165) is 17.0 Å². The Kier molecular flexibility index (Phi) is 3.37. The molecule has 0 aliphatic carbocycles. The van der Waals surface area contributed by atoms with Crippen LogP contribution in [0.25, 0.3) is 11.3 Å². The molecule has 0 saturated carbocycles. The summed E-state index contributed by atoms with van der Waals surface area (Å²) in [5.41, 5.74) is 3.41. The number of rotatable bonds is 2. The third-order valence-corrected chi connectivity index (χ3v) is 2.95. The summed E-state index contributed by atoms with van der Waals surface area (Å²) in [5, 5.41) is 0. The Morgan fingerprint density at radius 2 is 1.72 bits per heavy atom. The molecule has 0 fully saturated rings. The zero-order valence-electron chi connectivity index (χ0n) is 11.4. The van der Waals surface area contributed by atoms with Gasteiger partial charge in [0.25, 0.3) is 0 Å². The van der Waals surface area contributed by atoms with E-state index in [4.69, 9.17) is 4.74 Å². The summed E-state index contributed by atoms with van der Waals surface area (Å²) in [6.07, 6.45) is 1.78. The number of methoxy groups -OCH3 is 1. The second-order valence-electron chi connectivity index (χ2n) is 5.39. The SMILES string of the molecule is COc1cnc(-c2ccccc2)c(C(C)(C)C)c1. The van der Waals surface area contributed by atoms with Crippen molar-refractivity contribution in [2.45, 2.75) is 26.2 Å². The summed E-state index contributed by atoms with van der Waals surface area (Å²) in [5.74, 6) is 0.805. The van der Waals surface area contributed by atoms with Gasteiger partial charge in [0, 0.05) is 5.56 Å². The molecule has 2 nitrogen and oxygen atoms in total. The number of ether oxygens (including phenoxy) is 1. The van der Waals surface area contributed by atoms with Gasteiger partial charge in [-0.1, -0.05) is 51.1 Å². The molecule has 0 unspecified atom stereocenters. The van der Waals surface area contributed by atoms with Crippen LogP contribution in [0.4, 0.5) is 0 Å². The molecule has 1 heterocycles. The minimum absolute atomic E-state index is 0.0344. The number of aromatic nitrogens is 1. The smallest absolute Gasteiger partial charge is 0.137 e. The van der Waals surface area contributed by atoms with Crippen LogP contribution in [0.5, 0.6) is 5.75 Å². The Labute approximate surface area is 109 Å². The molecule has 0 N–H and O–H groups in total. The van der Waals surface area contributed by atoms with Gasteiger partial charge in [0.05, 0.1) is 19.0 Å². The first-order valence-electron chi connectivity index (χ1n) is 6.12. The quantitative estimate of drug-likeness (QED) is 0.791. The maximum absolute atomic E-state index is 5.28. The minimum Gasteiger partial charge on any atom is -0.495 e. The van der Waals surface area contributed by atoms with Crippen LogP contribution < -0.4 is 4.74 Å². The fourth-order valence-electron chi connectivity index (χ4n) is 1.95. The van der Waals surface area contributed by atoms with Crippen molar-refractivity contribution in [2.24, 2.45) is 0 Å². The van der Waals surface area contributed by atoms with E-state index in [9.17, 15) is 0 Å². The Morgan fingerprint density at radius 3 is 2.28 bits per heavy atom. The lowest BCUT2D eigenvalue weighted by Gasteiger charge is -2.23. The summed E-state index contributed by atoms with van der Waals surface area (Å²) in [6, 6.07) is 12.3. The van der Waals surface area contributed by atoms with E-state index < -0.39 is 0 Å². The minimum atomic E-state index is 0.0344. The van der Waals surface area contributed by atoms with Crippen LogP contribution in [0.2, 0.25) is 0 Å². The van der Waals surface area contributed by atoms with Gasteiger partial charge in [0.15, 0.2) is 0 Å². The van der Waals surface area contributed by atoms with Gasteiger partial charge in [-0.25, -0.2) is 0 Å². The molecule has 1 aromatic heterocycles. The van der Waals surface area contributed by atoms with E-state index in [1.807, 2.05) is 18.2 Å². The lowest BCUT2D eigenvalue weighted by molar-refractivity contribution is 0.410. The van der Waals surface area contributed by atoms with Gasteiger partial charge in [-0.15, -0.1) is 0 Å². The third kappa shape index (κ3) is 2.53. The Hall–Kier alpha value is -1.83. The summed E-state index contributed by atoms with van der Waals surface area (Å²) >= 11 is 0. The van der Waals surface area contributed by atoms with Crippen LogP contribution in [0, 0.1) is 0 Å². The molecule has 0 aliphatic heterocycles. The van der Waals surface area contributed by atoms with Crippen LogP contribution in [-0.2, 0) is 5.41 Å². The second kappa shape index (κ2) is 4.81. The maximum Gasteiger partial charge on any atom is 0.137 e. The van der Waals surface area contributed by atoms with E-state index >= 15 is 0 Å². The van der Waals surface area contributed by atoms with Crippen molar-refractivity contribution >= 4 is 0 Å². The molecule has 2 rings (SSSR count). The van der Waals surface area contributed by atoms with Gasteiger partial charge < -0.3 is 4.74 Å². The van der Waals surface area contributed by atoms with E-state index in [1.165, 1.54) is 5.56 Å². The molecule has 94 valence electrons. The van der Waals surface area contributed by atoms with Gasteiger partial charge in [-0.3, -0.25) is 4.98 Å². The average molecular weight is 241 g/mol. The first kappa shape index (κ1) is 12.6. The zero-order valence-corrected chi connectivity index (χ0v) is 11.4. The van der Waals surface area contributed by atoms with Crippen LogP contribution in [0.1, 0.15) is 26.3 Å². The summed E-state index contributed by atoms with van der Waals surface area (Å²) < 4.78 is 5.28. The maximum atomic E-state index is 5.28. The van der Waals surface area contributed by atoms with Gasteiger partial charge in [-0.2, -0.15) is 0 Å². The van der Waals surface area contributed by atoms with Gasteiger partial charge in [-0.05, 0) is 17.0 Å². The number of hydrogen-bond donors (Lipinski definition) is 0. The summed E-state index contributed by atoms with van der Waals surface area (Å²) in [7, 11) is 1.67. The van der Waals surface area contributed by atoms with Crippen molar-refractivity contribution in [3.05, 3.63) is 48.2 Å². The fraction of sp³-hybridized carbons (Fsp3) is 0.312. The Bertz CT molecular complexity index is 527. The average Bonchev–Trinajstić information content (AvgIpc) is 2.38. The molecule has 0 atom stereocenters. The van der Waals surface area contributed by atoms with Gasteiger partial charge >= 0.3 is 0 Å². The van der Waals surface area contributed by atoms with Crippen molar-refractivity contribution in [3.63, 3.8) is 0 Å². The summed E-state index contributed by atoms with van der Waals surface area (Å²) in [4.78, 5) is 4.56. The summed E-state index contributed by atoms with van der Waals surface area (Å²) in [6.45, 7) is 6.57. The van der Waals surface area contributed by atoms with E-state index in [-0.39, 0.29) is 5.41 Å². The molecule has 1 aromatic carbocycles. The van der Waals surface area contributed by atoms with E-state index in [2.05, 4.69) is 44.0 Å². The molecule has 0 spiro atoms. The molecule has 0 amide bonds. The highest BCUT2D eigenvalue weighted by molar-refractivity contribution is 5.65. The first-order chi connectivity index (χ1) is 8.52. The van der Waals surface area contributed by atoms with Crippen LogP contribution in [-0.4, -0.2) is 12.1 Å². The van der Waals surface area contributed by atoms with Crippen LogP contribution >= 0.6 is 0 Å². The number of hydrogen-bond acceptors (Lipinski definition) is 2. The highest BCUT2D eigenvalue weighted by Gasteiger charge is 2.20. The van der Waals surface area contributed by atoms with E-state index in [1.54, 1.807) is 13.3 Å². The second-order valence-corrected chi connectivity index (χ2v) is 5.39. The van der Waals surface area contributed by atoms with Crippen LogP contribution in [0.3, 0.4) is 0 Å². The molecular formula is C16H19NO. The van der Waals surface area contributed by atoms with E-state index in [0.29, 0.717) is 0 Å². The van der Waals surface area contributed by atoms with Crippen molar-refractivity contribution in [1.29, 1.82) is 0 Å². The predicted octanol–water partition coefficient (Wildman–Crippen LogP) is 4.05. The monoisotopic (exact) mass is 241 g/mol. The first-order valence-corrected chi connectivity index (χ1v) is 6.12. The van der Waals surface area contributed by atoms with Crippen LogP contribution in [0.15, 0.2) is 42.6 Å². The largest absolute Gasteiger partial charge is 0.495 e. The van der Waals surface area contributed by atoms with Crippen molar-refractivity contribution in [1.82, 2.24) is 4.98 Å². The molecule has 0 aliphatic rings. The fourth-order valence-corrected chi connectivity index (χ4v) is 1.95. The molecule has 0 bridgehead atoms. The Morgan fingerprint density at radius 1 is 1.06 bits per heavy atom. The van der Waals surface area contributed by atoms with Crippen molar-refractivity contribution in [2.75, 3.05) is 7.11 Å². The highest BCUT2D eigenvalue weighted by atomic mass is 16.5.